The first-order valence-electron chi connectivity index (χ1n) is 5.87. The topological polar surface area (TPSA) is 42.0 Å². The zero-order chi connectivity index (χ0) is 11.5. The normalized spacial score (nSPS) is 16.6. The first kappa shape index (κ1) is 11.6. The third-order valence-electron chi connectivity index (χ3n) is 3.21. The maximum atomic E-state index is 11.8. The number of carbonyl (C=O) groups excluding carboxylic acids is 1. The summed E-state index contributed by atoms with van der Waals surface area (Å²) in [6.07, 6.45) is 4.52. The van der Waals surface area contributed by atoms with E-state index in [0.29, 0.717) is 6.54 Å². The van der Waals surface area contributed by atoms with Crippen LogP contribution in [0.2, 0.25) is 0 Å². The zero-order valence-electron chi connectivity index (χ0n) is 9.88. The van der Waals surface area contributed by atoms with Crippen LogP contribution >= 0.6 is 11.3 Å². The maximum Gasteiger partial charge on any atom is 0.223 e. The van der Waals surface area contributed by atoms with Crippen molar-refractivity contribution in [2.24, 2.45) is 5.92 Å². The highest BCUT2D eigenvalue weighted by atomic mass is 32.1. The van der Waals surface area contributed by atoms with Crippen molar-refractivity contribution in [2.45, 2.75) is 46.1 Å². The number of nitrogens with zero attached hydrogens (tertiary/aromatic N) is 1. The molecule has 1 aromatic heterocycles. The Kier molecular flexibility index (Phi) is 3.59. The van der Waals surface area contributed by atoms with Crippen molar-refractivity contribution in [3.63, 3.8) is 0 Å². The molecule has 1 aliphatic carbocycles. The minimum Gasteiger partial charge on any atom is -0.349 e. The van der Waals surface area contributed by atoms with Crippen molar-refractivity contribution in [2.75, 3.05) is 0 Å². The van der Waals surface area contributed by atoms with Gasteiger partial charge in [0, 0.05) is 10.8 Å². The Hall–Kier alpha value is -0.900. The fourth-order valence-electron chi connectivity index (χ4n) is 2.11. The number of carbonyl (C=O) groups is 1. The number of aryl methyl sites for hydroxylation is 2. The second-order valence-electron chi connectivity index (χ2n) is 4.45. The van der Waals surface area contributed by atoms with Crippen LogP contribution in [0.25, 0.3) is 0 Å². The van der Waals surface area contributed by atoms with Gasteiger partial charge >= 0.3 is 0 Å². The summed E-state index contributed by atoms with van der Waals surface area (Å²) in [5.41, 5.74) is 1.08. The Morgan fingerprint density at radius 2 is 2.12 bits per heavy atom. The van der Waals surface area contributed by atoms with Gasteiger partial charge in [0.25, 0.3) is 0 Å². The standard InChI is InChI=1S/C12H18N2OS/c1-8-9(2)16-11(14-8)7-13-12(15)10-5-3-4-6-10/h10H,3-7H2,1-2H3,(H,13,15). The van der Waals surface area contributed by atoms with Crippen molar-refractivity contribution in [1.29, 1.82) is 0 Å². The highest BCUT2D eigenvalue weighted by Crippen LogP contribution is 2.25. The van der Waals surface area contributed by atoms with E-state index in [1.54, 1.807) is 11.3 Å². The van der Waals surface area contributed by atoms with Crippen LogP contribution in [0.5, 0.6) is 0 Å². The summed E-state index contributed by atoms with van der Waals surface area (Å²) >= 11 is 1.67. The van der Waals surface area contributed by atoms with E-state index in [4.69, 9.17) is 0 Å². The van der Waals surface area contributed by atoms with Crippen LogP contribution in [0.15, 0.2) is 0 Å². The molecule has 0 unspecified atom stereocenters. The predicted molar refractivity (Wildman–Crippen MR) is 65.4 cm³/mol. The minimum atomic E-state index is 0.211. The smallest absolute Gasteiger partial charge is 0.223 e. The minimum absolute atomic E-state index is 0.211. The van der Waals surface area contributed by atoms with E-state index in [0.717, 1.165) is 23.5 Å². The molecule has 1 heterocycles. The Bertz CT molecular complexity index is 361. The molecule has 0 aliphatic heterocycles. The molecule has 0 aromatic carbocycles. The van der Waals surface area contributed by atoms with Gasteiger partial charge in [-0.1, -0.05) is 12.8 Å². The van der Waals surface area contributed by atoms with Crippen molar-refractivity contribution in [1.82, 2.24) is 10.3 Å². The largest absolute Gasteiger partial charge is 0.349 e. The molecule has 0 atom stereocenters. The summed E-state index contributed by atoms with van der Waals surface area (Å²) in [4.78, 5) is 17.4. The molecule has 3 nitrogen and oxygen atoms in total. The van der Waals surface area contributed by atoms with Gasteiger partial charge in [-0.3, -0.25) is 4.79 Å². The second kappa shape index (κ2) is 4.95. The molecule has 1 N–H and O–H groups in total. The number of hydrogen-bond donors (Lipinski definition) is 1. The molecule has 1 amide bonds. The fraction of sp³-hybridized carbons (Fsp3) is 0.667. The summed E-state index contributed by atoms with van der Waals surface area (Å²) in [5.74, 6) is 0.463. The van der Waals surface area contributed by atoms with Gasteiger partial charge in [-0.15, -0.1) is 11.3 Å². The summed E-state index contributed by atoms with van der Waals surface area (Å²) in [6, 6.07) is 0. The zero-order valence-corrected chi connectivity index (χ0v) is 10.7. The Labute approximate surface area is 100 Å². The van der Waals surface area contributed by atoms with E-state index in [-0.39, 0.29) is 11.8 Å². The highest BCUT2D eigenvalue weighted by molar-refractivity contribution is 7.11. The molecule has 1 aliphatic rings. The van der Waals surface area contributed by atoms with Gasteiger partial charge in [0.05, 0.1) is 12.2 Å². The second-order valence-corrected chi connectivity index (χ2v) is 5.74. The van der Waals surface area contributed by atoms with Crippen LogP contribution in [0, 0.1) is 19.8 Å². The van der Waals surface area contributed by atoms with Crippen LogP contribution < -0.4 is 5.32 Å². The lowest BCUT2D eigenvalue weighted by Gasteiger charge is -2.08. The SMILES string of the molecule is Cc1nc(CNC(=O)C2CCCC2)sc1C. The molecule has 2 rings (SSSR count). The molecule has 0 spiro atoms. The monoisotopic (exact) mass is 238 g/mol. The van der Waals surface area contributed by atoms with Crippen LogP contribution in [0.1, 0.15) is 41.3 Å². The fourth-order valence-corrected chi connectivity index (χ4v) is 2.98. The van der Waals surface area contributed by atoms with E-state index in [1.165, 1.54) is 17.7 Å². The van der Waals surface area contributed by atoms with Crippen LogP contribution in [-0.4, -0.2) is 10.9 Å². The molecule has 1 saturated carbocycles. The maximum absolute atomic E-state index is 11.8. The quantitative estimate of drug-likeness (QED) is 0.879. The summed E-state index contributed by atoms with van der Waals surface area (Å²) in [5, 5.41) is 4.01. The molecule has 0 bridgehead atoms. The van der Waals surface area contributed by atoms with Crippen molar-refractivity contribution >= 4 is 17.2 Å². The summed E-state index contributed by atoms with van der Waals surface area (Å²) in [7, 11) is 0. The average Bonchev–Trinajstić information content (AvgIpc) is 2.86. The van der Waals surface area contributed by atoms with E-state index in [9.17, 15) is 4.79 Å². The predicted octanol–water partition coefficient (Wildman–Crippen LogP) is 2.57. The molecule has 88 valence electrons. The number of rotatable bonds is 3. The first-order chi connectivity index (χ1) is 7.66. The van der Waals surface area contributed by atoms with E-state index >= 15 is 0 Å². The van der Waals surface area contributed by atoms with Gasteiger partial charge in [-0.2, -0.15) is 0 Å². The van der Waals surface area contributed by atoms with Gasteiger partial charge < -0.3 is 5.32 Å². The third kappa shape index (κ3) is 2.61. The number of hydrogen-bond acceptors (Lipinski definition) is 3. The highest BCUT2D eigenvalue weighted by Gasteiger charge is 2.22. The Morgan fingerprint density at radius 3 is 2.69 bits per heavy atom. The molecule has 4 heteroatoms. The Morgan fingerprint density at radius 1 is 1.44 bits per heavy atom. The lowest BCUT2D eigenvalue weighted by Crippen LogP contribution is -2.28. The van der Waals surface area contributed by atoms with Gasteiger partial charge in [0.1, 0.15) is 5.01 Å². The van der Waals surface area contributed by atoms with Gasteiger partial charge in [-0.25, -0.2) is 4.98 Å². The van der Waals surface area contributed by atoms with Crippen LogP contribution in [0.3, 0.4) is 0 Å². The molecule has 1 aromatic rings. The van der Waals surface area contributed by atoms with E-state index < -0.39 is 0 Å². The molecular weight excluding hydrogens is 220 g/mol. The van der Waals surface area contributed by atoms with Gasteiger partial charge in [0.2, 0.25) is 5.91 Å². The number of amides is 1. The van der Waals surface area contributed by atoms with Gasteiger partial charge in [0.15, 0.2) is 0 Å². The first-order valence-corrected chi connectivity index (χ1v) is 6.69. The van der Waals surface area contributed by atoms with Crippen molar-refractivity contribution in [3.8, 4) is 0 Å². The van der Waals surface area contributed by atoms with E-state index in [1.807, 2.05) is 6.92 Å². The number of aromatic nitrogens is 1. The summed E-state index contributed by atoms with van der Waals surface area (Å²) < 4.78 is 0. The van der Waals surface area contributed by atoms with E-state index in [2.05, 4.69) is 17.2 Å². The number of nitrogens with one attached hydrogen (secondary N) is 1. The van der Waals surface area contributed by atoms with Crippen LogP contribution in [-0.2, 0) is 11.3 Å². The van der Waals surface area contributed by atoms with Crippen molar-refractivity contribution < 1.29 is 4.79 Å². The average molecular weight is 238 g/mol. The van der Waals surface area contributed by atoms with Crippen molar-refractivity contribution in [3.05, 3.63) is 15.6 Å². The lowest BCUT2D eigenvalue weighted by molar-refractivity contribution is -0.124. The molecule has 16 heavy (non-hydrogen) atoms. The molecule has 0 saturated heterocycles. The lowest BCUT2D eigenvalue weighted by atomic mass is 10.1. The third-order valence-corrected chi connectivity index (χ3v) is 4.29. The number of thiazole rings is 1. The summed E-state index contributed by atoms with van der Waals surface area (Å²) in [6.45, 7) is 4.66. The molecule has 1 fully saturated rings. The van der Waals surface area contributed by atoms with Crippen LogP contribution in [0.4, 0.5) is 0 Å². The Balaban J connectivity index is 1.84. The molecular formula is C12H18N2OS. The van der Waals surface area contributed by atoms with Gasteiger partial charge in [-0.05, 0) is 26.7 Å². The molecule has 0 radical (unpaired) electrons.